The molecule has 3 heterocycles. The van der Waals surface area contributed by atoms with E-state index in [0.29, 0.717) is 30.2 Å². The zero-order chi connectivity index (χ0) is 21.9. The van der Waals surface area contributed by atoms with Crippen molar-refractivity contribution in [3.8, 4) is 5.75 Å². The van der Waals surface area contributed by atoms with E-state index in [0.717, 1.165) is 36.3 Å². The van der Waals surface area contributed by atoms with Gasteiger partial charge in [-0.05, 0) is 35.9 Å². The molecule has 1 aliphatic rings. The van der Waals surface area contributed by atoms with E-state index in [9.17, 15) is 4.79 Å². The van der Waals surface area contributed by atoms with Gasteiger partial charge < -0.3 is 28.7 Å². The lowest BCUT2D eigenvalue weighted by Gasteiger charge is -2.29. The minimum absolute atomic E-state index is 0.238. The number of carbonyl (C=O) groups excluding carboxylic acids is 1. The predicted molar refractivity (Wildman–Crippen MR) is 122 cm³/mol. The number of rotatable bonds is 6. The molecule has 2 aromatic heterocycles. The normalized spacial score (nSPS) is 14.0. The summed E-state index contributed by atoms with van der Waals surface area (Å²) in [5.74, 6) is 0.528. The van der Waals surface area contributed by atoms with Crippen LogP contribution in [0.5, 0.6) is 5.75 Å². The van der Waals surface area contributed by atoms with E-state index in [4.69, 9.17) is 13.9 Å². The first-order valence-electron chi connectivity index (χ1n) is 10.5. The van der Waals surface area contributed by atoms with Crippen molar-refractivity contribution in [3.63, 3.8) is 0 Å². The third kappa shape index (κ3) is 4.04. The van der Waals surface area contributed by atoms with Gasteiger partial charge in [0.2, 0.25) is 0 Å². The summed E-state index contributed by atoms with van der Waals surface area (Å²) < 4.78 is 18.9. The Kier molecular flexibility index (Phi) is 5.51. The molecule has 164 valence electrons. The number of imidazole rings is 1. The number of aromatic nitrogens is 2. The van der Waals surface area contributed by atoms with E-state index in [1.165, 1.54) is 0 Å². The molecule has 1 N–H and O–H groups in total. The number of carbonyl (C=O) groups is 1. The van der Waals surface area contributed by atoms with Gasteiger partial charge in [-0.2, -0.15) is 0 Å². The Morgan fingerprint density at radius 1 is 1.16 bits per heavy atom. The molecule has 0 saturated carbocycles. The van der Waals surface area contributed by atoms with Crippen LogP contribution in [0, 0.1) is 0 Å². The minimum Gasteiger partial charge on any atom is -0.493 e. The first-order chi connectivity index (χ1) is 15.7. The second-order valence-electron chi connectivity index (χ2n) is 7.63. The van der Waals surface area contributed by atoms with Crippen LogP contribution in [0.3, 0.4) is 0 Å². The summed E-state index contributed by atoms with van der Waals surface area (Å²) in [6.45, 7) is 3.66. The Labute approximate surface area is 185 Å². The highest BCUT2D eigenvalue weighted by atomic mass is 16.5. The first kappa shape index (κ1) is 20.1. The first-order valence-corrected chi connectivity index (χ1v) is 10.5. The Morgan fingerprint density at radius 2 is 1.97 bits per heavy atom. The monoisotopic (exact) mass is 432 g/mol. The number of methoxy groups -OCH3 is 1. The predicted octanol–water partition coefficient (Wildman–Crippen LogP) is 3.78. The SMILES string of the molecule is COc1ccc(N2CCOCC2)c2cc(C(=O)Nc3ccc(Cn4ccnc4)cc3)oc12. The fourth-order valence-corrected chi connectivity index (χ4v) is 3.91. The number of furan rings is 1. The van der Waals surface area contributed by atoms with Crippen molar-refractivity contribution >= 4 is 28.3 Å². The van der Waals surface area contributed by atoms with Gasteiger partial charge in [-0.25, -0.2) is 4.98 Å². The number of ether oxygens (including phenoxy) is 2. The van der Waals surface area contributed by atoms with Crippen LogP contribution in [0.25, 0.3) is 11.0 Å². The third-order valence-corrected chi connectivity index (χ3v) is 5.56. The number of fused-ring (bicyclic) bond motifs is 1. The molecular formula is C24H24N4O4. The van der Waals surface area contributed by atoms with E-state index >= 15 is 0 Å². The lowest BCUT2D eigenvalue weighted by atomic mass is 10.1. The summed E-state index contributed by atoms with van der Waals surface area (Å²) in [7, 11) is 1.59. The van der Waals surface area contributed by atoms with E-state index in [1.54, 1.807) is 25.7 Å². The van der Waals surface area contributed by atoms with E-state index in [2.05, 4.69) is 15.2 Å². The topological polar surface area (TPSA) is 81.8 Å². The van der Waals surface area contributed by atoms with Gasteiger partial charge in [-0.1, -0.05) is 12.1 Å². The fraction of sp³-hybridized carbons (Fsp3) is 0.250. The molecule has 32 heavy (non-hydrogen) atoms. The van der Waals surface area contributed by atoms with Crippen molar-refractivity contribution in [2.24, 2.45) is 0 Å². The molecule has 0 unspecified atom stereocenters. The molecule has 0 spiro atoms. The van der Waals surface area contributed by atoms with E-state index in [1.807, 2.05) is 47.2 Å². The van der Waals surface area contributed by atoms with Crippen molar-refractivity contribution in [1.29, 1.82) is 0 Å². The molecule has 1 fully saturated rings. The molecule has 1 aliphatic heterocycles. The quantitative estimate of drug-likeness (QED) is 0.499. The highest BCUT2D eigenvalue weighted by Crippen LogP contribution is 2.36. The summed E-state index contributed by atoms with van der Waals surface area (Å²) in [6.07, 6.45) is 5.44. The molecule has 0 aliphatic carbocycles. The number of hydrogen-bond acceptors (Lipinski definition) is 6. The van der Waals surface area contributed by atoms with E-state index < -0.39 is 0 Å². The Bertz CT molecular complexity index is 1210. The summed E-state index contributed by atoms with van der Waals surface area (Å²) in [6, 6.07) is 13.4. The second kappa shape index (κ2) is 8.76. The number of benzene rings is 2. The Balaban J connectivity index is 1.37. The van der Waals surface area contributed by atoms with Crippen LogP contribution in [-0.2, 0) is 11.3 Å². The van der Waals surface area contributed by atoms with Gasteiger partial charge in [-0.3, -0.25) is 4.79 Å². The van der Waals surface area contributed by atoms with Gasteiger partial charge in [0.05, 0.1) is 26.7 Å². The summed E-state index contributed by atoms with van der Waals surface area (Å²) in [4.78, 5) is 19.2. The van der Waals surface area contributed by atoms with Gasteiger partial charge in [0.15, 0.2) is 17.1 Å². The maximum Gasteiger partial charge on any atom is 0.291 e. The lowest BCUT2D eigenvalue weighted by Crippen LogP contribution is -2.36. The Hall–Kier alpha value is -3.78. The molecule has 5 rings (SSSR count). The minimum atomic E-state index is -0.307. The number of morpholine rings is 1. The second-order valence-corrected chi connectivity index (χ2v) is 7.63. The lowest BCUT2D eigenvalue weighted by molar-refractivity contribution is 0.0998. The summed E-state index contributed by atoms with van der Waals surface area (Å²) in [5.41, 5.74) is 3.39. The molecular weight excluding hydrogens is 408 g/mol. The number of hydrogen-bond donors (Lipinski definition) is 1. The average Bonchev–Trinajstić information content (AvgIpc) is 3.50. The zero-order valence-electron chi connectivity index (χ0n) is 17.8. The molecule has 1 saturated heterocycles. The summed E-state index contributed by atoms with van der Waals surface area (Å²) in [5, 5.41) is 3.77. The highest BCUT2D eigenvalue weighted by molar-refractivity contribution is 6.07. The number of nitrogens with zero attached hydrogens (tertiary/aromatic N) is 3. The highest BCUT2D eigenvalue weighted by Gasteiger charge is 2.21. The number of amides is 1. The third-order valence-electron chi connectivity index (χ3n) is 5.56. The van der Waals surface area contributed by atoms with Gasteiger partial charge >= 0.3 is 0 Å². The maximum absolute atomic E-state index is 12.9. The van der Waals surface area contributed by atoms with Gasteiger partial charge in [-0.15, -0.1) is 0 Å². The van der Waals surface area contributed by atoms with Crippen molar-refractivity contribution in [2.45, 2.75) is 6.54 Å². The van der Waals surface area contributed by atoms with Crippen LogP contribution in [0.2, 0.25) is 0 Å². The maximum atomic E-state index is 12.9. The van der Waals surface area contributed by atoms with Crippen LogP contribution in [0.15, 0.2) is 65.6 Å². The zero-order valence-corrected chi connectivity index (χ0v) is 17.8. The molecule has 0 bridgehead atoms. The van der Waals surface area contributed by atoms with Crippen molar-refractivity contribution in [1.82, 2.24) is 9.55 Å². The van der Waals surface area contributed by atoms with Crippen LogP contribution in [0.4, 0.5) is 11.4 Å². The van der Waals surface area contributed by atoms with Gasteiger partial charge in [0.1, 0.15) is 0 Å². The molecule has 1 amide bonds. The Morgan fingerprint density at radius 3 is 2.69 bits per heavy atom. The van der Waals surface area contributed by atoms with Crippen molar-refractivity contribution < 1.29 is 18.7 Å². The molecule has 4 aromatic rings. The van der Waals surface area contributed by atoms with E-state index in [-0.39, 0.29) is 11.7 Å². The largest absolute Gasteiger partial charge is 0.493 e. The molecule has 0 atom stereocenters. The smallest absolute Gasteiger partial charge is 0.291 e. The molecule has 8 heteroatoms. The summed E-state index contributed by atoms with van der Waals surface area (Å²) >= 11 is 0. The molecule has 2 aromatic carbocycles. The van der Waals surface area contributed by atoms with Gasteiger partial charge in [0.25, 0.3) is 5.91 Å². The van der Waals surface area contributed by atoms with Crippen LogP contribution in [0.1, 0.15) is 16.1 Å². The van der Waals surface area contributed by atoms with Crippen LogP contribution < -0.4 is 15.0 Å². The van der Waals surface area contributed by atoms with Crippen molar-refractivity contribution in [2.75, 3.05) is 43.6 Å². The fourth-order valence-electron chi connectivity index (χ4n) is 3.91. The molecule has 8 nitrogen and oxygen atoms in total. The van der Waals surface area contributed by atoms with Crippen LogP contribution in [-0.4, -0.2) is 48.9 Å². The number of anilines is 2. The standard InChI is InChI=1S/C24H24N4O4/c1-30-21-7-6-20(28-10-12-31-13-11-28)19-14-22(32-23(19)21)24(29)26-18-4-2-17(3-5-18)15-27-9-8-25-16-27/h2-9,14,16H,10-13,15H2,1H3,(H,26,29). The molecule has 0 radical (unpaired) electrons. The van der Waals surface area contributed by atoms with Gasteiger partial charge in [0, 0.05) is 48.8 Å². The average molecular weight is 432 g/mol. The number of nitrogens with one attached hydrogen (secondary N) is 1. The van der Waals surface area contributed by atoms with Crippen LogP contribution >= 0.6 is 0 Å². The van der Waals surface area contributed by atoms with Crippen molar-refractivity contribution in [3.05, 3.63) is 72.5 Å².